The van der Waals surface area contributed by atoms with Crippen molar-refractivity contribution in [3.8, 4) is 28.6 Å². The summed E-state index contributed by atoms with van der Waals surface area (Å²) in [5, 5.41) is 13.4. The molecule has 148 valence electrons. The van der Waals surface area contributed by atoms with Crippen molar-refractivity contribution in [3.05, 3.63) is 84.8 Å². The fraction of sp³-hybridized carbons (Fsp3) is 0.0476. The number of pyridine rings is 1. The van der Waals surface area contributed by atoms with Gasteiger partial charge in [-0.25, -0.2) is 4.39 Å². The predicted molar refractivity (Wildman–Crippen MR) is 108 cm³/mol. The summed E-state index contributed by atoms with van der Waals surface area (Å²) < 4.78 is 26.0. The first-order valence-electron chi connectivity index (χ1n) is 9.02. The van der Waals surface area contributed by atoms with Crippen LogP contribution in [-0.2, 0) is 5.75 Å². The summed E-state index contributed by atoms with van der Waals surface area (Å²) in [6.07, 6.45) is 4.97. The van der Waals surface area contributed by atoms with Gasteiger partial charge in [0.05, 0.1) is 12.0 Å². The van der Waals surface area contributed by atoms with Crippen LogP contribution in [0.5, 0.6) is 0 Å². The molecule has 0 amide bonds. The molecule has 0 radical (unpaired) electrons. The maximum atomic E-state index is 13.5. The molecule has 0 fully saturated rings. The first-order chi connectivity index (χ1) is 14.8. The lowest BCUT2D eigenvalue weighted by Gasteiger charge is -2.10. The minimum absolute atomic E-state index is 0.306. The summed E-state index contributed by atoms with van der Waals surface area (Å²) in [4.78, 5) is 4.05. The van der Waals surface area contributed by atoms with Crippen molar-refractivity contribution < 1.29 is 13.3 Å². The quantitative estimate of drug-likeness (QED) is 0.358. The average molecular weight is 419 g/mol. The molecule has 4 heterocycles. The summed E-state index contributed by atoms with van der Waals surface area (Å²) in [5.74, 6) is 2.03. The van der Waals surface area contributed by atoms with Gasteiger partial charge < -0.3 is 8.94 Å². The molecule has 1 aromatic carbocycles. The first-order valence-corrected chi connectivity index (χ1v) is 10.0. The lowest BCUT2D eigenvalue weighted by molar-refractivity contribution is 0.413. The highest BCUT2D eigenvalue weighted by Gasteiger charge is 2.17. The molecular formula is C21H14FN5O2S. The van der Waals surface area contributed by atoms with E-state index in [0.29, 0.717) is 28.3 Å². The van der Waals surface area contributed by atoms with Gasteiger partial charge in [-0.2, -0.15) is 0 Å². The molecule has 0 aliphatic heterocycles. The van der Waals surface area contributed by atoms with E-state index in [1.165, 1.54) is 23.9 Å². The van der Waals surface area contributed by atoms with Crippen molar-refractivity contribution in [1.82, 2.24) is 24.9 Å². The molecule has 0 saturated heterocycles. The van der Waals surface area contributed by atoms with Gasteiger partial charge in [0.15, 0.2) is 16.7 Å². The lowest BCUT2D eigenvalue weighted by atomic mass is 10.2. The standard InChI is InChI=1S/C21H14FN5O2S/c22-15-3-5-17(6-4-15)27-20(14-7-9-23-10-8-14)24-25-21(27)30-13-16-12-19(29-26-16)18-2-1-11-28-18/h1-12H,13H2. The zero-order chi connectivity index (χ0) is 20.3. The summed E-state index contributed by atoms with van der Waals surface area (Å²) in [5.41, 5.74) is 2.35. The molecule has 0 spiro atoms. The molecule has 0 saturated carbocycles. The van der Waals surface area contributed by atoms with Crippen molar-refractivity contribution in [2.45, 2.75) is 10.9 Å². The molecule has 0 atom stereocenters. The van der Waals surface area contributed by atoms with E-state index in [9.17, 15) is 4.39 Å². The molecule has 4 aromatic heterocycles. The number of hydrogen-bond donors (Lipinski definition) is 0. The Labute approximate surface area is 174 Å². The van der Waals surface area contributed by atoms with Crippen LogP contribution in [0.1, 0.15) is 5.69 Å². The van der Waals surface area contributed by atoms with Crippen LogP contribution in [0, 0.1) is 5.82 Å². The third-order valence-electron chi connectivity index (χ3n) is 4.33. The Morgan fingerprint density at radius 2 is 1.80 bits per heavy atom. The average Bonchev–Trinajstić information content (AvgIpc) is 3.53. The number of nitrogens with zero attached hydrogens (tertiary/aromatic N) is 5. The van der Waals surface area contributed by atoms with E-state index in [1.54, 1.807) is 36.9 Å². The smallest absolute Gasteiger partial charge is 0.202 e. The number of furan rings is 1. The Bertz CT molecular complexity index is 1250. The fourth-order valence-corrected chi connectivity index (χ4v) is 3.76. The SMILES string of the molecule is Fc1ccc(-n2c(SCc3cc(-c4ccco4)on3)nnc2-c2ccncc2)cc1. The van der Waals surface area contributed by atoms with E-state index in [1.807, 2.05) is 28.8 Å². The van der Waals surface area contributed by atoms with Crippen LogP contribution in [0.4, 0.5) is 4.39 Å². The molecule has 5 aromatic rings. The maximum Gasteiger partial charge on any atom is 0.202 e. The summed E-state index contributed by atoms with van der Waals surface area (Å²) in [7, 11) is 0. The molecule has 5 rings (SSSR count). The van der Waals surface area contributed by atoms with E-state index in [0.717, 1.165) is 16.9 Å². The first kappa shape index (κ1) is 18.3. The summed E-state index contributed by atoms with van der Waals surface area (Å²) >= 11 is 1.45. The van der Waals surface area contributed by atoms with E-state index in [-0.39, 0.29) is 5.82 Å². The molecule has 30 heavy (non-hydrogen) atoms. The number of benzene rings is 1. The minimum Gasteiger partial charge on any atom is -0.461 e. The van der Waals surface area contributed by atoms with Gasteiger partial charge in [0.1, 0.15) is 5.82 Å². The Balaban J connectivity index is 1.46. The largest absolute Gasteiger partial charge is 0.461 e. The highest BCUT2D eigenvalue weighted by Crippen LogP contribution is 2.30. The lowest BCUT2D eigenvalue weighted by Crippen LogP contribution is -2.00. The molecule has 0 unspecified atom stereocenters. The summed E-state index contributed by atoms with van der Waals surface area (Å²) in [6, 6.07) is 15.3. The topological polar surface area (TPSA) is 82.8 Å². The van der Waals surface area contributed by atoms with Crippen molar-refractivity contribution in [1.29, 1.82) is 0 Å². The van der Waals surface area contributed by atoms with Gasteiger partial charge in [-0.3, -0.25) is 9.55 Å². The highest BCUT2D eigenvalue weighted by molar-refractivity contribution is 7.98. The van der Waals surface area contributed by atoms with Gasteiger partial charge in [0, 0.05) is 35.5 Å². The Morgan fingerprint density at radius 3 is 2.57 bits per heavy atom. The van der Waals surface area contributed by atoms with Gasteiger partial charge in [-0.05, 0) is 48.5 Å². The van der Waals surface area contributed by atoms with Gasteiger partial charge in [0.2, 0.25) is 5.76 Å². The van der Waals surface area contributed by atoms with E-state index in [2.05, 4.69) is 20.3 Å². The maximum absolute atomic E-state index is 13.5. The Hall–Kier alpha value is -3.72. The second-order valence-corrected chi connectivity index (χ2v) is 7.24. The van der Waals surface area contributed by atoms with Gasteiger partial charge >= 0.3 is 0 Å². The number of thioether (sulfide) groups is 1. The number of hydrogen-bond acceptors (Lipinski definition) is 7. The number of halogens is 1. The van der Waals surface area contributed by atoms with Crippen LogP contribution in [-0.4, -0.2) is 24.9 Å². The third kappa shape index (κ3) is 3.62. The molecule has 7 nitrogen and oxygen atoms in total. The van der Waals surface area contributed by atoms with Crippen LogP contribution in [0.15, 0.2) is 87.4 Å². The van der Waals surface area contributed by atoms with Crippen molar-refractivity contribution in [2.75, 3.05) is 0 Å². The van der Waals surface area contributed by atoms with Crippen LogP contribution in [0.2, 0.25) is 0 Å². The van der Waals surface area contributed by atoms with E-state index < -0.39 is 0 Å². The van der Waals surface area contributed by atoms with Crippen LogP contribution >= 0.6 is 11.8 Å². The molecule has 0 bridgehead atoms. The number of rotatable bonds is 6. The van der Waals surface area contributed by atoms with Crippen molar-refractivity contribution in [2.24, 2.45) is 0 Å². The fourth-order valence-electron chi connectivity index (χ4n) is 2.93. The van der Waals surface area contributed by atoms with Gasteiger partial charge in [-0.1, -0.05) is 16.9 Å². The molecule has 0 N–H and O–H groups in total. The zero-order valence-electron chi connectivity index (χ0n) is 15.5. The third-order valence-corrected chi connectivity index (χ3v) is 5.29. The molecule has 0 aliphatic carbocycles. The van der Waals surface area contributed by atoms with E-state index in [4.69, 9.17) is 8.94 Å². The molecular weight excluding hydrogens is 405 g/mol. The second-order valence-electron chi connectivity index (χ2n) is 6.30. The predicted octanol–water partition coefficient (Wildman–Crippen LogP) is 5.01. The van der Waals surface area contributed by atoms with Crippen LogP contribution < -0.4 is 0 Å². The van der Waals surface area contributed by atoms with Crippen molar-refractivity contribution >= 4 is 11.8 Å². The van der Waals surface area contributed by atoms with Crippen LogP contribution in [0.3, 0.4) is 0 Å². The highest BCUT2D eigenvalue weighted by atomic mass is 32.2. The van der Waals surface area contributed by atoms with Gasteiger partial charge in [0.25, 0.3) is 0 Å². The number of aromatic nitrogens is 5. The second kappa shape index (κ2) is 7.96. The Kier molecular flexibility index (Phi) is 4.86. The zero-order valence-corrected chi connectivity index (χ0v) is 16.3. The van der Waals surface area contributed by atoms with E-state index >= 15 is 0 Å². The monoisotopic (exact) mass is 419 g/mol. The van der Waals surface area contributed by atoms with Gasteiger partial charge in [-0.15, -0.1) is 10.2 Å². The van der Waals surface area contributed by atoms with Crippen LogP contribution in [0.25, 0.3) is 28.6 Å². The molecule has 0 aliphatic rings. The normalized spacial score (nSPS) is 11.1. The van der Waals surface area contributed by atoms with Crippen molar-refractivity contribution in [3.63, 3.8) is 0 Å². The Morgan fingerprint density at radius 1 is 0.967 bits per heavy atom. The minimum atomic E-state index is -0.306. The summed E-state index contributed by atoms with van der Waals surface area (Å²) in [6.45, 7) is 0. The molecule has 9 heteroatoms.